The summed E-state index contributed by atoms with van der Waals surface area (Å²) in [6.07, 6.45) is 1.77. The van der Waals surface area contributed by atoms with Crippen molar-refractivity contribution in [2.24, 2.45) is 5.10 Å². The molecule has 1 aliphatic heterocycles. The molecule has 0 saturated carbocycles. The minimum Gasteiger partial charge on any atom is -0.383 e. The number of carbonyl (C=O) groups excluding carboxylic acids is 1. The average Bonchev–Trinajstić information content (AvgIpc) is 2.56. The fraction of sp³-hybridized carbons (Fsp3) is 0.231. The standard InChI is InChI=1S/C13H14ClN3O/c1-9-12(8-16(2)3)13(18)17(15-9)11-6-4-5-10(14)7-11/h4-8H,1-3H3/b12-8-. The van der Waals surface area contributed by atoms with Crippen molar-refractivity contribution in [1.82, 2.24) is 4.90 Å². The zero-order valence-electron chi connectivity index (χ0n) is 10.5. The molecule has 1 aliphatic rings. The van der Waals surface area contributed by atoms with Gasteiger partial charge in [0.05, 0.1) is 17.0 Å². The van der Waals surface area contributed by atoms with Crippen molar-refractivity contribution in [3.8, 4) is 0 Å². The van der Waals surface area contributed by atoms with Crippen LogP contribution in [0.2, 0.25) is 5.02 Å². The molecular weight excluding hydrogens is 250 g/mol. The predicted octanol–water partition coefficient (Wildman–Crippen LogP) is 2.51. The predicted molar refractivity (Wildman–Crippen MR) is 73.8 cm³/mol. The minimum atomic E-state index is -0.136. The van der Waals surface area contributed by atoms with E-state index in [9.17, 15) is 4.79 Å². The van der Waals surface area contributed by atoms with Crippen LogP contribution in [-0.4, -0.2) is 30.6 Å². The number of hydrogen-bond acceptors (Lipinski definition) is 3. The minimum absolute atomic E-state index is 0.136. The summed E-state index contributed by atoms with van der Waals surface area (Å²) in [5.41, 5.74) is 1.97. The quantitative estimate of drug-likeness (QED) is 0.769. The molecule has 0 atom stereocenters. The van der Waals surface area contributed by atoms with Crippen LogP contribution in [0.15, 0.2) is 41.1 Å². The first-order chi connectivity index (χ1) is 8.49. The zero-order valence-corrected chi connectivity index (χ0v) is 11.3. The highest BCUT2D eigenvalue weighted by molar-refractivity contribution is 6.32. The first-order valence-corrected chi connectivity index (χ1v) is 5.90. The van der Waals surface area contributed by atoms with E-state index in [0.717, 1.165) is 0 Å². The molecule has 94 valence electrons. The number of nitrogens with zero attached hydrogens (tertiary/aromatic N) is 3. The summed E-state index contributed by atoms with van der Waals surface area (Å²) < 4.78 is 0. The summed E-state index contributed by atoms with van der Waals surface area (Å²) in [6.45, 7) is 1.82. The third-order valence-corrected chi connectivity index (χ3v) is 2.74. The summed E-state index contributed by atoms with van der Waals surface area (Å²) in [6, 6.07) is 7.08. The molecule has 1 aromatic rings. The van der Waals surface area contributed by atoms with Gasteiger partial charge in [0.15, 0.2) is 0 Å². The Kier molecular flexibility index (Phi) is 3.39. The molecule has 0 aliphatic carbocycles. The molecule has 0 N–H and O–H groups in total. The van der Waals surface area contributed by atoms with Gasteiger partial charge in [0.25, 0.3) is 5.91 Å². The van der Waals surface area contributed by atoms with Crippen molar-refractivity contribution in [3.05, 3.63) is 41.1 Å². The van der Waals surface area contributed by atoms with Crippen LogP contribution in [0.1, 0.15) is 6.92 Å². The number of halogens is 1. The number of rotatable bonds is 2. The molecule has 5 heteroatoms. The zero-order chi connectivity index (χ0) is 13.3. The molecule has 0 radical (unpaired) electrons. The molecule has 1 aromatic carbocycles. The van der Waals surface area contributed by atoms with Gasteiger partial charge in [0.2, 0.25) is 0 Å². The molecule has 0 aromatic heterocycles. The number of hydrogen-bond donors (Lipinski definition) is 0. The third kappa shape index (κ3) is 2.38. The van der Waals surface area contributed by atoms with Crippen molar-refractivity contribution in [2.75, 3.05) is 19.1 Å². The number of benzene rings is 1. The van der Waals surface area contributed by atoms with E-state index >= 15 is 0 Å². The Morgan fingerprint density at radius 2 is 2.11 bits per heavy atom. The van der Waals surface area contributed by atoms with Crippen molar-refractivity contribution >= 4 is 28.9 Å². The van der Waals surface area contributed by atoms with Crippen molar-refractivity contribution < 1.29 is 4.79 Å². The monoisotopic (exact) mass is 263 g/mol. The molecule has 2 rings (SSSR count). The van der Waals surface area contributed by atoms with E-state index < -0.39 is 0 Å². The van der Waals surface area contributed by atoms with Crippen molar-refractivity contribution in [1.29, 1.82) is 0 Å². The smallest absolute Gasteiger partial charge is 0.282 e. The number of carbonyl (C=O) groups is 1. The largest absolute Gasteiger partial charge is 0.383 e. The fourth-order valence-electron chi connectivity index (χ4n) is 1.71. The molecule has 0 spiro atoms. The van der Waals surface area contributed by atoms with Gasteiger partial charge in [-0.1, -0.05) is 17.7 Å². The maximum Gasteiger partial charge on any atom is 0.282 e. The molecule has 18 heavy (non-hydrogen) atoms. The lowest BCUT2D eigenvalue weighted by molar-refractivity contribution is -0.114. The normalized spacial score (nSPS) is 17.3. The molecule has 0 fully saturated rings. The van der Waals surface area contributed by atoms with E-state index in [1.165, 1.54) is 5.01 Å². The summed E-state index contributed by atoms with van der Waals surface area (Å²) in [7, 11) is 3.74. The van der Waals surface area contributed by atoms with Crippen molar-refractivity contribution in [2.45, 2.75) is 6.92 Å². The van der Waals surface area contributed by atoms with Crippen LogP contribution in [0.4, 0.5) is 5.69 Å². The van der Waals surface area contributed by atoms with Crippen LogP contribution < -0.4 is 5.01 Å². The van der Waals surface area contributed by atoms with E-state index in [0.29, 0.717) is 22.0 Å². The van der Waals surface area contributed by atoms with Crippen LogP contribution in [0, 0.1) is 0 Å². The highest BCUT2D eigenvalue weighted by atomic mass is 35.5. The maximum atomic E-state index is 12.2. The topological polar surface area (TPSA) is 35.9 Å². The molecule has 1 amide bonds. The Balaban J connectivity index is 2.37. The highest BCUT2D eigenvalue weighted by Gasteiger charge is 2.28. The molecule has 4 nitrogen and oxygen atoms in total. The van der Waals surface area contributed by atoms with Gasteiger partial charge in [-0.3, -0.25) is 4.79 Å². The van der Waals surface area contributed by atoms with Crippen LogP contribution in [-0.2, 0) is 4.79 Å². The second-order valence-corrected chi connectivity index (χ2v) is 4.73. The molecule has 0 saturated heterocycles. The second-order valence-electron chi connectivity index (χ2n) is 4.29. The Hall–Kier alpha value is -1.81. The van der Waals surface area contributed by atoms with Crippen molar-refractivity contribution in [3.63, 3.8) is 0 Å². The average molecular weight is 264 g/mol. The highest BCUT2D eigenvalue weighted by Crippen LogP contribution is 2.25. The Bertz CT molecular complexity index is 549. The van der Waals surface area contributed by atoms with Gasteiger partial charge in [-0.05, 0) is 25.1 Å². The van der Waals surface area contributed by atoms with E-state index in [4.69, 9.17) is 11.6 Å². The number of hydrazone groups is 1. The molecule has 1 heterocycles. The summed E-state index contributed by atoms with van der Waals surface area (Å²) in [5.74, 6) is -0.136. The summed E-state index contributed by atoms with van der Waals surface area (Å²) in [5, 5.41) is 6.22. The van der Waals surface area contributed by atoms with Crippen LogP contribution in [0.25, 0.3) is 0 Å². The molecular formula is C13H14ClN3O. The second kappa shape index (κ2) is 4.82. The maximum absolute atomic E-state index is 12.2. The Morgan fingerprint density at radius 3 is 2.72 bits per heavy atom. The van der Waals surface area contributed by atoms with Gasteiger partial charge in [0.1, 0.15) is 0 Å². The van der Waals surface area contributed by atoms with Gasteiger partial charge in [-0.15, -0.1) is 0 Å². The Morgan fingerprint density at radius 1 is 1.39 bits per heavy atom. The van der Waals surface area contributed by atoms with E-state index in [1.807, 2.05) is 25.9 Å². The van der Waals surface area contributed by atoms with E-state index in [1.54, 1.807) is 30.5 Å². The summed E-state index contributed by atoms with van der Waals surface area (Å²) in [4.78, 5) is 14.1. The van der Waals surface area contributed by atoms with Gasteiger partial charge in [-0.2, -0.15) is 10.1 Å². The fourth-order valence-corrected chi connectivity index (χ4v) is 1.89. The lowest BCUT2D eigenvalue weighted by Crippen LogP contribution is -2.22. The number of anilines is 1. The van der Waals surface area contributed by atoms with Crippen LogP contribution >= 0.6 is 11.6 Å². The molecule has 0 bridgehead atoms. The van der Waals surface area contributed by atoms with Crippen LogP contribution in [0.3, 0.4) is 0 Å². The number of amides is 1. The lowest BCUT2D eigenvalue weighted by Gasteiger charge is -2.12. The first-order valence-electron chi connectivity index (χ1n) is 5.53. The van der Waals surface area contributed by atoms with Crippen LogP contribution in [0.5, 0.6) is 0 Å². The van der Waals surface area contributed by atoms with E-state index in [-0.39, 0.29) is 5.91 Å². The summed E-state index contributed by atoms with van der Waals surface area (Å²) >= 11 is 5.92. The lowest BCUT2D eigenvalue weighted by atomic mass is 10.2. The molecule has 0 unspecified atom stereocenters. The first kappa shape index (κ1) is 12.6. The van der Waals surface area contributed by atoms with Gasteiger partial charge in [-0.25, -0.2) is 0 Å². The SMILES string of the molecule is CC1=NN(c2cccc(Cl)c2)C(=O)/C1=C\N(C)C. The van der Waals surface area contributed by atoms with E-state index in [2.05, 4.69) is 5.10 Å². The Labute approximate surface area is 111 Å². The van der Waals surface area contributed by atoms with Gasteiger partial charge >= 0.3 is 0 Å². The van der Waals surface area contributed by atoms with Gasteiger partial charge in [0, 0.05) is 25.3 Å². The van der Waals surface area contributed by atoms with Gasteiger partial charge < -0.3 is 4.90 Å². The third-order valence-electron chi connectivity index (χ3n) is 2.50.